The zero-order chi connectivity index (χ0) is 13.3. The van der Waals surface area contributed by atoms with E-state index in [-0.39, 0.29) is 5.91 Å². The van der Waals surface area contributed by atoms with Crippen LogP contribution in [0.25, 0.3) is 10.8 Å². The monoisotopic (exact) mass is 239 g/mol. The Bertz CT molecular complexity index is 641. The molecule has 1 amide bonds. The summed E-state index contributed by atoms with van der Waals surface area (Å²) < 4.78 is 0. The maximum Gasteiger partial charge on any atom is 0.250 e. The average Bonchev–Trinajstić information content (AvgIpc) is 2.29. The predicted molar refractivity (Wildman–Crippen MR) is 76.9 cm³/mol. The second-order valence-corrected chi connectivity index (χ2v) is 4.72. The topological polar surface area (TPSA) is 29.1 Å². The average molecular weight is 239 g/mol. The Morgan fingerprint density at radius 2 is 1.89 bits per heavy atom. The van der Waals surface area contributed by atoms with Crippen LogP contribution in [-0.2, 0) is 4.79 Å². The lowest BCUT2D eigenvalue weighted by Crippen LogP contribution is -2.12. The van der Waals surface area contributed by atoms with Gasteiger partial charge in [0.2, 0.25) is 0 Å². The highest BCUT2D eigenvalue weighted by Crippen LogP contribution is 2.27. The fourth-order valence-corrected chi connectivity index (χ4v) is 2.09. The molecule has 0 aliphatic heterocycles. The van der Waals surface area contributed by atoms with Crippen molar-refractivity contribution in [2.75, 3.05) is 5.32 Å². The highest BCUT2D eigenvalue weighted by Gasteiger charge is 2.07. The summed E-state index contributed by atoms with van der Waals surface area (Å²) in [6.45, 7) is 9.50. The molecule has 18 heavy (non-hydrogen) atoms. The summed E-state index contributed by atoms with van der Waals surface area (Å²) in [7, 11) is 0. The summed E-state index contributed by atoms with van der Waals surface area (Å²) in [5, 5.41) is 5.14. The minimum absolute atomic E-state index is 0.137. The molecule has 0 radical (unpaired) electrons. The van der Waals surface area contributed by atoms with Crippen molar-refractivity contribution >= 4 is 22.4 Å². The van der Waals surface area contributed by atoms with Crippen molar-refractivity contribution in [3.8, 4) is 0 Å². The molecule has 0 aliphatic carbocycles. The Balaban J connectivity index is 2.58. The van der Waals surface area contributed by atoms with Gasteiger partial charge in [0.15, 0.2) is 0 Å². The second-order valence-electron chi connectivity index (χ2n) is 4.72. The number of amides is 1. The molecule has 0 saturated carbocycles. The van der Waals surface area contributed by atoms with Gasteiger partial charge in [-0.1, -0.05) is 30.3 Å². The molecule has 2 aromatic carbocycles. The smallest absolute Gasteiger partial charge is 0.250 e. The number of nitrogens with one attached hydrogen (secondary N) is 1. The number of carbonyl (C=O) groups excluding carboxylic acids is 1. The van der Waals surface area contributed by atoms with E-state index in [0.29, 0.717) is 5.57 Å². The highest BCUT2D eigenvalue weighted by molar-refractivity contribution is 6.08. The van der Waals surface area contributed by atoms with Crippen LogP contribution in [0.15, 0.2) is 42.5 Å². The van der Waals surface area contributed by atoms with E-state index in [1.54, 1.807) is 6.92 Å². The van der Waals surface area contributed by atoms with E-state index in [0.717, 1.165) is 11.1 Å². The quantitative estimate of drug-likeness (QED) is 0.789. The maximum atomic E-state index is 11.7. The van der Waals surface area contributed by atoms with E-state index in [2.05, 4.69) is 43.9 Å². The van der Waals surface area contributed by atoms with Gasteiger partial charge in [0.1, 0.15) is 0 Å². The summed E-state index contributed by atoms with van der Waals surface area (Å²) in [5.74, 6) is -0.137. The van der Waals surface area contributed by atoms with Crippen LogP contribution in [0.1, 0.15) is 18.1 Å². The summed E-state index contributed by atoms with van der Waals surface area (Å²) in [4.78, 5) is 11.7. The molecular weight excluding hydrogens is 222 g/mol. The number of rotatable bonds is 2. The van der Waals surface area contributed by atoms with Gasteiger partial charge >= 0.3 is 0 Å². The fraction of sp³-hybridized carbons (Fsp3) is 0.188. The van der Waals surface area contributed by atoms with Crippen LogP contribution < -0.4 is 5.32 Å². The van der Waals surface area contributed by atoms with Gasteiger partial charge in [-0.05, 0) is 43.9 Å². The molecule has 1 N–H and O–H groups in total. The van der Waals surface area contributed by atoms with Gasteiger partial charge < -0.3 is 5.32 Å². The largest absolute Gasteiger partial charge is 0.322 e. The van der Waals surface area contributed by atoms with E-state index in [4.69, 9.17) is 0 Å². The molecule has 2 nitrogen and oxygen atoms in total. The Labute approximate surface area is 107 Å². The normalized spacial score (nSPS) is 10.4. The van der Waals surface area contributed by atoms with Crippen molar-refractivity contribution in [2.24, 2.45) is 0 Å². The van der Waals surface area contributed by atoms with Crippen molar-refractivity contribution in [1.82, 2.24) is 0 Å². The van der Waals surface area contributed by atoms with Crippen LogP contribution in [0, 0.1) is 13.8 Å². The summed E-state index contributed by atoms with van der Waals surface area (Å²) in [6, 6.07) is 10.2. The maximum absolute atomic E-state index is 11.7. The van der Waals surface area contributed by atoms with Gasteiger partial charge in [-0.15, -0.1) is 0 Å². The Morgan fingerprint density at radius 3 is 2.56 bits per heavy atom. The van der Waals surface area contributed by atoms with Crippen molar-refractivity contribution < 1.29 is 4.79 Å². The van der Waals surface area contributed by atoms with E-state index in [9.17, 15) is 4.79 Å². The lowest BCUT2D eigenvalue weighted by molar-refractivity contribution is -0.112. The van der Waals surface area contributed by atoms with Crippen LogP contribution in [0.2, 0.25) is 0 Å². The molecule has 0 fully saturated rings. The Hall–Kier alpha value is -2.09. The van der Waals surface area contributed by atoms with Crippen molar-refractivity contribution in [3.05, 3.63) is 53.6 Å². The molecule has 0 bridgehead atoms. The van der Waals surface area contributed by atoms with Crippen LogP contribution in [-0.4, -0.2) is 5.91 Å². The van der Waals surface area contributed by atoms with Gasteiger partial charge in [0.25, 0.3) is 5.91 Å². The number of fused-ring (bicyclic) bond motifs is 1. The van der Waals surface area contributed by atoms with Crippen LogP contribution in [0.4, 0.5) is 5.69 Å². The Morgan fingerprint density at radius 1 is 1.17 bits per heavy atom. The molecule has 0 saturated heterocycles. The number of aryl methyl sites for hydroxylation is 2. The second kappa shape index (κ2) is 4.65. The first kappa shape index (κ1) is 12.4. The third-order valence-corrected chi connectivity index (χ3v) is 2.98. The van der Waals surface area contributed by atoms with E-state index < -0.39 is 0 Å². The Kier molecular flexibility index (Phi) is 3.19. The number of hydrogen-bond donors (Lipinski definition) is 1. The molecule has 0 aliphatic rings. The summed E-state index contributed by atoms with van der Waals surface area (Å²) in [6.07, 6.45) is 0. The lowest BCUT2D eigenvalue weighted by Gasteiger charge is -2.11. The molecule has 2 rings (SSSR count). The number of hydrogen-bond acceptors (Lipinski definition) is 1. The third kappa shape index (κ3) is 2.28. The van der Waals surface area contributed by atoms with Crippen molar-refractivity contribution in [2.45, 2.75) is 20.8 Å². The molecule has 0 unspecified atom stereocenters. The molecule has 2 aromatic rings. The molecule has 0 spiro atoms. The minimum atomic E-state index is -0.137. The van der Waals surface area contributed by atoms with Crippen molar-refractivity contribution in [3.63, 3.8) is 0 Å². The van der Waals surface area contributed by atoms with Gasteiger partial charge in [-0.3, -0.25) is 4.79 Å². The van der Waals surface area contributed by atoms with E-state index in [1.807, 2.05) is 12.1 Å². The first-order valence-electron chi connectivity index (χ1n) is 5.96. The molecule has 0 heterocycles. The molecular formula is C16H17NO. The van der Waals surface area contributed by atoms with Crippen LogP contribution >= 0.6 is 0 Å². The SMILES string of the molecule is C=C(C)C(=O)Nc1cccc2c(C)cc(C)cc12. The van der Waals surface area contributed by atoms with Crippen LogP contribution in [0.3, 0.4) is 0 Å². The highest BCUT2D eigenvalue weighted by atomic mass is 16.1. The zero-order valence-electron chi connectivity index (χ0n) is 11.0. The third-order valence-electron chi connectivity index (χ3n) is 2.98. The summed E-state index contributed by atoms with van der Waals surface area (Å²) >= 11 is 0. The number of anilines is 1. The first-order valence-corrected chi connectivity index (χ1v) is 5.96. The molecule has 0 aromatic heterocycles. The molecule has 2 heteroatoms. The minimum Gasteiger partial charge on any atom is -0.322 e. The first-order chi connectivity index (χ1) is 8.49. The van der Waals surface area contributed by atoms with Gasteiger partial charge in [-0.2, -0.15) is 0 Å². The number of carbonyl (C=O) groups is 1. The van der Waals surface area contributed by atoms with E-state index in [1.165, 1.54) is 16.5 Å². The number of benzene rings is 2. The van der Waals surface area contributed by atoms with Gasteiger partial charge in [-0.25, -0.2) is 0 Å². The molecule has 0 atom stereocenters. The molecule has 92 valence electrons. The standard InChI is InChI=1S/C16H17NO/c1-10(2)16(18)17-15-7-5-6-13-12(4)8-11(3)9-14(13)15/h5-9H,1H2,2-4H3,(H,17,18). The fourth-order valence-electron chi connectivity index (χ4n) is 2.09. The van der Waals surface area contributed by atoms with Gasteiger partial charge in [0, 0.05) is 16.6 Å². The zero-order valence-corrected chi connectivity index (χ0v) is 11.0. The predicted octanol–water partition coefficient (Wildman–Crippen LogP) is 3.97. The lowest BCUT2D eigenvalue weighted by atomic mass is 10.0. The van der Waals surface area contributed by atoms with Crippen molar-refractivity contribution in [1.29, 1.82) is 0 Å². The summed E-state index contributed by atoms with van der Waals surface area (Å²) in [5.41, 5.74) is 3.76. The van der Waals surface area contributed by atoms with Crippen LogP contribution in [0.5, 0.6) is 0 Å². The van der Waals surface area contributed by atoms with Gasteiger partial charge in [0.05, 0.1) is 0 Å². The van der Waals surface area contributed by atoms with E-state index >= 15 is 0 Å².